The van der Waals surface area contributed by atoms with Crippen LogP contribution < -0.4 is 4.72 Å². The number of benzene rings is 1. The highest BCUT2D eigenvalue weighted by Crippen LogP contribution is 2.24. The minimum atomic E-state index is -3.80. The lowest BCUT2D eigenvalue weighted by Crippen LogP contribution is -2.43. The van der Waals surface area contributed by atoms with Crippen LogP contribution in [0, 0.1) is 11.8 Å². The Labute approximate surface area is 160 Å². The summed E-state index contributed by atoms with van der Waals surface area (Å²) < 4.78 is 28.2. The van der Waals surface area contributed by atoms with Gasteiger partial charge in [-0.1, -0.05) is 32.0 Å². The van der Waals surface area contributed by atoms with Gasteiger partial charge in [0.15, 0.2) is 0 Å². The Morgan fingerprint density at radius 2 is 1.85 bits per heavy atom. The van der Waals surface area contributed by atoms with Crippen molar-refractivity contribution in [2.75, 3.05) is 17.8 Å². The predicted molar refractivity (Wildman–Crippen MR) is 105 cm³/mol. The van der Waals surface area contributed by atoms with E-state index in [0.29, 0.717) is 23.1 Å². The molecule has 7 heteroatoms. The van der Waals surface area contributed by atoms with Crippen LogP contribution in [0.25, 0.3) is 0 Å². The van der Waals surface area contributed by atoms with Gasteiger partial charge in [-0.05, 0) is 42.0 Å². The maximum absolute atomic E-state index is 12.8. The molecule has 0 spiro atoms. The first kappa shape index (κ1) is 19.4. The summed E-state index contributed by atoms with van der Waals surface area (Å²) in [5.74, 6) is 0.894. The second kappa shape index (κ2) is 8.08. The third-order valence-electron chi connectivity index (χ3n) is 4.74. The van der Waals surface area contributed by atoms with Gasteiger partial charge in [-0.15, -0.1) is 0 Å². The van der Waals surface area contributed by atoms with Crippen LogP contribution in [0.3, 0.4) is 0 Å². The number of anilines is 1. The van der Waals surface area contributed by atoms with Gasteiger partial charge in [0.25, 0.3) is 10.0 Å². The van der Waals surface area contributed by atoms with Crippen molar-refractivity contribution in [2.45, 2.75) is 31.6 Å². The lowest BCUT2D eigenvalue weighted by atomic mass is 9.91. The fraction of sp³-hybridized carbons (Fsp3) is 0.400. The maximum atomic E-state index is 12.8. The number of likely N-dealkylation sites (tertiary alicyclic amines) is 1. The molecule has 1 amide bonds. The number of hydrogen-bond donors (Lipinski definition) is 1. The molecule has 1 aromatic heterocycles. The number of nitrogens with zero attached hydrogens (tertiary/aromatic N) is 2. The number of amides is 1. The molecule has 2 atom stereocenters. The summed E-state index contributed by atoms with van der Waals surface area (Å²) in [4.78, 5) is 18.7. The molecular formula is C20H25N3O3S. The van der Waals surface area contributed by atoms with Gasteiger partial charge >= 0.3 is 0 Å². The van der Waals surface area contributed by atoms with Gasteiger partial charge < -0.3 is 4.90 Å². The van der Waals surface area contributed by atoms with Crippen LogP contribution in [0.15, 0.2) is 53.7 Å². The third kappa shape index (κ3) is 4.86. The summed E-state index contributed by atoms with van der Waals surface area (Å²) in [5, 5.41) is 0. The molecule has 2 aromatic rings. The van der Waals surface area contributed by atoms with Crippen molar-refractivity contribution in [3.8, 4) is 0 Å². The number of sulfonamides is 1. The molecule has 2 unspecified atom stereocenters. The van der Waals surface area contributed by atoms with E-state index in [9.17, 15) is 13.2 Å². The van der Waals surface area contributed by atoms with Crippen molar-refractivity contribution in [1.29, 1.82) is 0 Å². The van der Waals surface area contributed by atoms with E-state index in [4.69, 9.17) is 0 Å². The largest absolute Gasteiger partial charge is 0.342 e. The molecule has 1 aliphatic heterocycles. The summed E-state index contributed by atoms with van der Waals surface area (Å²) in [6.45, 7) is 5.75. The smallest absolute Gasteiger partial charge is 0.262 e. The number of piperidine rings is 1. The van der Waals surface area contributed by atoms with Crippen LogP contribution in [-0.4, -0.2) is 37.3 Å². The molecule has 0 bridgehead atoms. The SMILES string of the molecule is CC1CC(C)CN(C(=O)Cc2ccccc2S(=O)(=O)Nc2cccnc2)C1. The van der Waals surface area contributed by atoms with Gasteiger partial charge in [0, 0.05) is 19.3 Å². The van der Waals surface area contributed by atoms with Crippen LogP contribution in [0.2, 0.25) is 0 Å². The Morgan fingerprint density at radius 3 is 2.52 bits per heavy atom. The Kier molecular flexibility index (Phi) is 5.79. The van der Waals surface area contributed by atoms with Crippen LogP contribution >= 0.6 is 0 Å². The predicted octanol–water partition coefficient (Wildman–Crippen LogP) is 2.93. The van der Waals surface area contributed by atoms with E-state index in [0.717, 1.165) is 19.5 Å². The van der Waals surface area contributed by atoms with Crippen LogP contribution in [-0.2, 0) is 21.2 Å². The van der Waals surface area contributed by atoms with E-state index < -0.39 is 10.0 Å². The number of carbonyl (C=O) groups is 1. The first-order chi connectivity index (χ1) is 12.8. The standard InChI is InChI=1S/C20H25N3O3S/c1-15-10-16(2)14-23(13-15)20(24)11-17-6-3-4-8-19(17)27(25,26)22-18-7-5-9-21-12-18/h3-9,12,15-16,22H,10-11,13-14H2,1-2H3. The van der Waals surface area contributed by atoms with E-state index in [2.05, 4.69) is 23.6 Å². The molecule has 0 aliphatic carbocycles. The fourth-order valence-corrected chi connectivity index (χ4v) is 4.97. The normalized spacial score (nSPS) is 20.3. The molecule has 1 aliphatic rings. The van der Waals surface area contributed by atoms with Crippen molar-refractivity contribution >= 4 is 21.6 Å². The second-order valence-corrected chi connectivity index (χ2v) is 9.03. The summed E-state index contributed by atoms with van der Waals surface area (Å²) >= 11 is 0. The highest BCUT2D eigenvalue weighted by atomic mass is 32.2. The minimum absolute atomic E-state index is 0.0302. The van der Waals surface area contributed by atoms with Crippen molar-refractivity contribution in [3.05, 3.63) is 54.4 Å². The number of hydrogen-bond acceptors (Lipinski definition) is 4. The van der Waals surface area contributed by atoms with Crippen molar-refractivity contribution < 1.29 is 13.2 Å². The monoisotopic (exact) mass is 387 g/mol. The van der Waals surface area contributed by atoms with Gasteiger partial charge in [-0.2, -0.15) is 0 Å². The van der Waals surface area contributed by atoms with E-state index in [1.165, 1.54) is 12.3 Å². The Balaban J connectivity index is 1.80. The number of rotatable bonds is 5. The van der Waals surface area contributed by atoms with Crippen molar-refractivity contribution in [3.63, 3.8) is 0 Å². The average Bonchev–Trinajstić information content (AvgIpc) is 2.61. The van der Waals surface area contributed by atoms with Crippen molar-refractivity contribution in [1.82, 2.24) is 9.88 Å². The lowest BCUT2D eigenvalue weighted by Gasteiger charge is -2.35. The number of carbonyl (C=O) groups excluding carboxylic acids is 1. The van der Waals surface area contributed by atoms with Crippen LogP contribution in [0.5, 0.6) is 0 Å². The minimum Gasteiger partial charge on any atom is -0.342 e. The number of nitrogens with one attached hydrogen (secondary N) is 1. The third-order valence-corrected chi connectivity index (χ3v) is 6.22. The molecular weight excluding hydrogens is 362 g/mol. The van der Waals surface area contributed by atoms with Gasteiger partial charge in [0.2, 0.25) is 5.91 Å². The Bertz CT molecular complexity index is 890. The van der Waals surface area contributed by atoms with Gasteiger partial charge in [-0.3, -0.25) is 14.5 Å². The zero-order valence-electron chi connectivity index (χ0n) is 15.6. The summed E-state index contributed by atoms with van der Waals surface area (Å²) in [6.07, 6.45) is 4.21. The van der Waals surface area contributed by atoms with Gasteiger partial charge in [0.1, 0.15) is 0 Å². The first-order valence-corrected chi connectivity index (χ1v) is 10.6. The van der Waals surface area contributed by atoms with Gasteiger partial charge in [0.05, 0.1) is 23.2 Å². The van der Waals surface area contributed by atoms with E-state index >= 15 is 0 Å². The zero-order valence-corrected chi connectivity index (χ0v) is 16.4. The van der Waals surface area contributed by atoms with E-state index in [1.807, 2.05) is 4.90 Å². The van der Waals surface area contributed by atoms with E-state index in [1.54, 1.807) is 36.5 Å². The quantitative estimate of drug-likeness (QED) is 0.855. The van der Waals surface area contributed by atoms with Crippen LogP contribution in [0.1, 0.15) is 25.8 Å². The Hall–Kier alpha value is -2.41. The molecule has 2 heterocycles. The molecule has 144 valence electrons. The molecule has 1 fully saturated rings. The molecule has 27 heavy (non-hydrogen) atoms. The van der Waals surface area contributed by atoms with Gasteiger partial charge in [-0.25, -0.2) is 8.42 Å². The maximum Gasteiger partial charge on any atom is 0.262 e. The Morgan fingerprint density at radius 1 is 1.15 bits per heavy atom. The lowest BCUT2D eigenvalue weighted by molar-refractivity contribution is -0.133. The molecule has 6 nitrogen and oxygen atoms in total. The molecule has 1 aromatic carbocycles. The second-order valence-electron chi connectivity index (χ2n) is 7.38. The topological polar surface area (TPSA) is 79.4 Å². The highest BCUT2D eigenvalue weighted by molar-refractivity contribution is 7.92. The van der Waals surface area contributed by atoms with E-state index in [-0.39, 0.29) is 17.2 Å². The van der Waals surface area contributed by atoms with Crippen LogP contribution in [0.4, 0.5) is 5.69 Å². The summed E-state index contributed by atoms with van der Waals surface area (Å²) in [6, 6.07) is 9.94. The fourth-order valence-electron chi connectivity index (χ4n) is 3.69. The molecule has 1 saturated heterocycles. The molecule has 1 N–H and O–H groups in total. The first-order valence-electron chi connectivity index (χ1n) is 9.13. The summed E-state index contributed by atoms with van der Waals surface area (Å²) in [5.41, 5.74) is 0.891. The average molecular weight is 388 g/mol. The molecule has 0 saturated carbocycles. The summed E-state index contributed by atoms with van der Waals surface area (Å²) in [7, 11) is -3.80. The zero-order chi connectivity index (χ0) is 19.4. The number of aromatic nitrogens is 1. The molecule has 3 rings (SSSR count). The number of pyridine rings is 1. The van der Waals surface area contributed by atoms with Crippen molar-refractivity contribution in [2.24, 2.45) is 11.8 Å². The molecule has 0 radical (unpaired) electrons. The highest BCUT2D eigenvalue weighted by Gasteiger charge is 2.27.